The Labute approximate surface area is 113 Å². The van der Waals surface area contributed by atoms with E-state index in [2.05, 4.69) is 12.1 Å². The number of fused-ring (bicyclic) bond motifs is 1. The largest absolute Gasteiger partial charge is 0.399 e. The average Bonchev–Trinajstić information content (AvgIpc) is 2.40. The van der Waals surface area contributed by atoms with Gasteiger partial charge in [-0.05, 0) is 35.0 Å². The molecule has 3 rings (SSSR count). The Hall–Kier alpha value is -2.52. The lowest BCUT2D eigenvalue weighted by Gasteiger charge is -1.96. The van der Waals surface area contributed by atoms with Gasteiger partial charge in [0.15, 0.2) is 0 Å². The van der Waals surface area contributed by atoms with Gasteiger partial charge >= 0.3 is 0 Å². The molecule has 3 aromatic rings. The van der Waals surface area contributed by atoms with Gasteiger partial charge in [-0.2, -0.15) is 0 Å². The molecule has 0 spiro atoms. The fraction of sp³-hybridized carbons (Fsp3) is 0. The third kappa shape index (κ3) is 4.33. The highest BCUT2D eigenvalue weighted by Crippen LogP contribution is 2.15. The van der Waals surface area contributed by atoms with Crippen LogP contribution in [0.2, 0.25) is 0 Å². The van der Waals surface area contributed by atoms with Crippen LogP contribution in [0, 0.1) is 0 Å². The van der Waals surface area contributed by atoms with Gasteiger partial charge in [0.1, 0.15) is 0 Å². The van der Waals surface area contributed by atoms with Crippen LogP contribution in [0.15, 0.2) is 72.8 Å². The van der Waals surface area contributed by atoms with Crippen molar-refractivity contribution < 1.29 is 0 Å². The number of para-hydroxylation sites is 1. The van der Waals surface area contributed by atoms with Gasteiger partial charge in [0.2, 0.25) is 0 Å². The molecule has 0 amide bonds. The summed E-state index contributed by atoms with van der Waals surface area (Å²) in [6, 6.07) is 23.6. The zero-order valence-electron chi connectivity index (χ0n) is 10.8. The van der Waals surface area contributed by atoms with Crippen LogP contribution >= 0.6 is 0 Å². The fourth-order valence-corrected chi connectivity index (χ4v) is 1.66. The Morgan fingerprint density at radius 1 is 0.526 bits per heavy atom. The van der Waals surface area contributed by atoms with Crippen LogP contribution in [0.4, 0.5) is 11.4 Å². The lowest BCUT2D eigenvalue weighted by molar-refractivity contribution is 1.69. The normalized spacial score (nSPS) is 9.05. The molecule has 98 valence electrons. The van der Waals surface area contributed by atoms with Crippen LogP contribution in [0.25, 0.3) is 10.8 Å². The minimum atomic E-state index is 0. The molecule has 3 heteroatoms. The second-order valence-corrected chi connectivity index (χ2v) is 4.02. The molecule has 3 aromatic carbocycles. The Balaban J connectivity index is 0.000000198. The van der Waals surface area contributed by atoms with E-state index in [1.165, 1.54) is 10.8 Å². The lowest BCUT2D eigenvalue weighted by atomic mass is 10.1. The first-order valence-corrected chi connectivity index (χ1v) is 5.80. The summed E-state index contributed by atoms with van der Waals surface area (Å²) in [6.45, 7) is 0. The van der Waals surface area contributed by atoms with Crippen LogP contribution in [-0.2, 0) is 0 Å². The van der Waals surface area contributed by atoms with E-state index in [1.807, 2.05) is 60.7 Å². The number of hydrogen-bond donors (Lipinski definition) is 3. The Bertz CT molecular complexity index is 621. The molecule has 0 aliphatic rings. The molecule has 0 saturated carbocycles. The van der Waals surface area contributed by atoms with E-state index in [4.69, 9.17) is 11.5 Å². The first-order chi connectivity index (χ1) is 8.75. The third-order valence-corrected chi connectivity index (χ3v) is 2.57. The van der Waals surface area contributed by atoms with Crippen LogP contribution in [0.3, 0.4) is 0 Å². The predicted molar refractivity (Wildman–Crippen MR) is 84.2 cm³/mol. The van der Waals surface area contributed by atoms with E-state index < -0.39 is 0 Å². The number of nitrogens with two attached hydrogens (primary N) is 2. The van der Waals surface area contributed by atoms with E-state index in [9.17, 15) is 0 Å². The molecule has 3 nitrogen and oxygen atoms in total. The fourth-order valence-electron chi connectivity index (χ4n) is 1.66. The topological polar surface area (TPSA) is 87.0 Å². The number of hydrogen-bond acceptors (Lipinski definition) is 3. The summed E-state index contributed by atoms with van der Waals surface area (Å²) in [5.41, 5.74) is 12.6. The molecule has 0 radical (unpaired) electrons. The quantitative estimate of drug-likeness (QED) is 0.532. The SMILES string of the molecule is N.Nc1ccc2ccccc2c1.Nc1ccccc1. The predicted octanol–water partition coefficient (Wildman–Crippen LogP) is 3.85. The zero-order chi connectivity index (χ0) is 12.8. The summed E-state index contributed by atoms with van der Waals surface area (Å²) >= 11 is 0. The first-order valence-electron chi connectivity index (χ1n) is 5.80. The van der Waals surface area contributed by atoms with Gasteiger partial charge in [-0.15, -0.1) is 0 Å². The van der Waals surface area contributed by atoms with Crippen molar-refractivity contribution in [3.63, 3.8) is 0 Å². The Morgan fingerprint density at radius 3 is 1.68 bits per heavy atom. The standard InChI is InChI=1S/C10H9N.C6H7N.H3N/c11-10-6-5-8-3-1-2-4-9(8)7-10;7-6-4-2-1-3-5-6;/h1-7H,11H2;1-5H,7H2;1H3. The van der Waals surface area contributed by atoms with Crippen molar-refractivity contribution in [1.82, 2.24) is 6.15 Å². The zero-order valence-corrected chi connectivity index (χ0v) is 10.8. The molecule has 0 heterocycles. The van der Waals surface area contributed by atoms with E-state index in [0.717, 1.165) is 11.4 Å². The van der Waals surface area contributed by atoms with E-state index >= 15 is 0 Å². The van der Waals surface area contributed by atoms with Gasteiger partial charge in [0.05, 0.1) is 0 Å². The average molecular weight is 253 g/mol. The van der Waals surface area contributed by atoms with Crippen molar-refractivity contribution in [3.05, 3.63) is 72.8 Å². The highest BCUT2D eigenvalue weighted by atomic mass is 14.5. The summed E-state index contributed by atoms with van der Waals surface area (Å²) in [7, 11) is 0. The summed E-state index contributed by atoms with van der Waals surface area (Å²) in [5.74, 6) is 0. The summed E-state index contributed by atoms with van der Waals surface area (Å²) in [6.07, 6.45) is 0. The van der Waals surface area contributed by atoms with Crippen molar-refractivity contribution in [2.45, 2.75) is 0 Å². The third-order valence-electron chi connectivity index (χ3n) is 2.57. The highest BCUT2D eigenvalue weighted by Gasteiger charge is 1.89. The van der Waals surface area contributed by atoms with Crippen molar-refractivity contribution in [3.8, 4) is 0 Å². The summed E-state index contributed by atoms with van der Waals surface area (Å²) in [4.78, 5) is 0. The molecule has 0 bridgehead atoms. The van der Waals surface area contributed by atoms with Gasteiger partial charge in [0, 0.05) is 11.4 Å². The number of nitrogen functional groups attached to an aromatic ring is 2. The second kappa shape index (κ2) is 7.03. The summed E-state index contributed by atoms with van der Waals surface area (Å²) < 4.78 is 0. The maximum atomic E-state index is 5.62. The molecular weight excluding hydrogens is 234 g/mol. The smallest absolute Gasteiger partial charge is 0.0320 e. The number of rotatable bonds is 0. The van der Waals surface area contributed by atoms with Gasteiger partial charge in [-0.3, -0.25) is 0 Å². The van der Waals surface area contributed by atoms with Gasteiger partial charge in [-0.1, -0.05) is 48.5 Å². The molecule has 0 aromatic heterocycles. The maximum absolute atomic E-state index is 5.62. The van der Waals surface area contributed by atoms with Crippen molar-refractivity contribution in [2.75, 3.05) is 11.5 Å². The van der Waals surface area contributed by atoms with Gasteiger partial charge in [0.25, 0.3) is 0 Å². The summed E-state index contributed by atoms with van der Waals surface area (Å²) in [5, 5.41) is 2.44. The number of anilines is 2. The molecule has 0 unspecified atom stereocenters. The molecule has 0 aliphatic heterocycles. The van der Waals surface area contributed by atoms with Gasteiger partial charge in [-0.25, -0.2) is 0 Å². The van der Waals surface area contributed by atoms with E-state index in [-0.39, 0.29) is 6.15 Å². The minimum Gasteiger partial charge on any atom is -0.399 e. The maximum Gasteiger partial charge on any atom is 0.0320 e. The minimum absolute atomic E-state index is 0. The molecule has 0 atom stereocenters. The molecular formula is C16H19N3. The van der Waals surface area contributed by atoms with Crippen molar-refractivity contribution in [1.29, 1.82) is 0 Å². The van der Waals surface area contributed by atoms with Crippen molar-refractivity contribution in [2.24, 2.45) is 0 Å². The molecule has 7 N–H and O–H groups in total. The van der Waals surface area contributed by atoms with Crippen LogP contribution < -0.4 is 17.6 Å². The van der Waals surface area contributed by atoms with E-state index in [0.29, 0.717) is 0 Å². The molecule has 0 fully saturated rings. The van der Waals surface area contributed by atoms with Crippen LogP contribution in [0.1, 0.15) is 0 Å². The van der Waals surface area contributed by atoms with Gasteiger partial charge < -0.3 is 17.6 Å². The highest BCUT2D eigenvalue weighted by molar-refractivity contribution is 5.85. The van der Waals surface area contributed by atoms with Crippen LogP contribution in [-0.4, -0.2) is 0 Å². The monoisotopic (exact) mass is 253 g/mol. The Kier molecular flexibility index (Phi) is 5.38. The second-order valence-electron chi connectivity index (χ2n) is 4.02. The first kappa shape index (κ1) is 14.5. The lowest BCUT2D eigenvalue weighted by Crippen LogP contribution is -1.82. The molecule has 0 saturated heterocycles. The Morgan fingerprint density at radius 2 is 1.11 bits per heavy atom. The molecule has 19 heavy (non-hydrogen) atoms. The number of benzene rings is 3. The van der Waals surface area contributed by atoms with E-state index in [1.54, 1.807) is 0 Å². The van der Waals surface area contributed by atoms with Crippen LogP contribution in [0.5, 0.6) is 0 Å². The van der Waals surface area contributed by atoms with Crippen molar-refractivity contribution >= 4 is 22.1 Å². The molecule has 0 aliphatic carbocycles.